The monoisotopic (exact) mass is 285 g/mol. The van der Waals surface area contributed by atoms with Gasteiger partial charge < -0.3 is 9.52 Å². The average molecular weight is 285 g/mol. The summed E-state index contributed by atoms with van der Waals surface area (Å²) in [6, 6.07) is 5.23. The van der Waals surface area contributed by atoms with Gasteiger partial charge in [0.2, 0.25) is 0 Å². The molecule has 0 spiro atoms. The molecule has 8 heteroatoms. The van der Waals surface area contributed by atoms with E-state index in [1.165, 1.54) is 11.1 Å². The highest BCUT2D eigenvalue weighted by atomic mass is 16.4. The van der Waals surface area contributed by atoms with Gasteiger partial charge in [-0.05, 0) is 19.1 Å². The molecule has 106 valence electrons. The largest absolute Gasteiger partial charge is 0.476 e. The summed E-state index contributed by atoms with van der Waals surface area (Å²) in [6.45, 7) is 2.03. The molecule has 0 atom stereocenters. The highest BCUT2D eigenvalue weighted by molar-refractivity contribution is 5.92. The minimum atomic E-state index is -1.15. The van der Waals surface area contributed by atoms with E-state index in [-0.39, 0.29) is 12.2 Å². The average Bonchev–Trinajstić information content (AvgIpc) is 3.07. The van der Waals surface area contributed by atoms with E-state index >= 15 is 0 Å². The maximum Gasteiger partial charge on any atom is 0.358 e. The molecule has 3 aromatic rings. The summed E-state index contributed by atoms with van der Waals surface area (Å²) in [7, 11) is 0. The number of pyridine rings is 1. The van der Waals surface area contributed by atoms with E-state index in [2.05, 4.69) is 20.3 Å². The molecule has 0 saturated heterocycles. The van der Waals surface area contributed by atoms with E-state index in [9.17, 15) is 9.90 Å². The van der Waals surface area contributed by atoms with Gasteiger partial charge in [-0.2, -0.15) is 0 Å². The number of hydrogen-bond donors (Lipinski definition) is 1. The van der Waals surface area contributed by atoms with Crippen molar-refractivity contribution in [3.05, 3.63) is 47.9 Å². The zero-order valence-corrected chi connectivity index (χ0v) is 11.1. The summed E-state index contributed by atoms with van der Waals surface area (Å²) >= 11 is 0. The van der Waals surface area contributed by atoms with Crippen molar-refractivity contribution in [2.24, 2.45) is 0 Å². The fourth-order valence-corrected chi connectivity index (χ4v) is 1.95. The number of aryl methyl sites for hydroxylation is 1. The van der Waals surface area contributed by atoms with E-state index in [1.54, 1.807) is 31.3 Å². The third-order valence-electron chi connectivity index (χ3n) is 2.99. The Labute approximate surface area is 119 Å². The summed E-state index contributed by atoms with van der Waals surface area (Å²) < 4.78 is 6.59. The van der Waals surface area contributed by atoms with E-state index in [0.29, 0.717) is 22.8 Å². The molecule has 0 aliphatic rings. The van der Waals surface area contributed by atoms with Gasteiger partial charge in [0.1, 0.15) is 17.1 Å². The Hall–Kier alpha value is -3.03. The van der Waals surface area contributed by atoms with Crippen molar-refractivity contribution < 1.29 is 14.3 Å². The Bertz CT molecular complexity index is 778. The SMILES string of the molecule is Cc1ocnc1Cn1nnc(C(=O)O)c1-c1ccccn1. The molecule has 0 aliphatic heterocycles. The minimum Gasteiger partial charge on any atom is -0.476 e. The number of rotatable bonds is 4. The lowest BCUT2D eigenvalue weighted by Gasteiger charge is -2.05. The lowest BCUT2D eigenvalue weighted by atomic mass is 10.2. The molecule has 0 bridgehead atoms. The van der Waals surface area contributed by atoms with Gasteiger partial charge in [-0.25, -0.2) is 14.5 Å². The normalized spacial score (nSPS) is 10.7. The Morgan fingerprint density at radius 2 is 2.24 bits per heavy atom. The van der Waals surface area contributed by atoms with Gasteiger partial charge in [0.05, 0.1) is 12.2 Å². The van der Waals surface area contributed by atoms with Crippen molar-refractivity contribution >= 4 is 5.97 Å². The summed E-state index contributed by atoms with van der Waals surface area (Å²) in [6.07, 6.45) is 2.92. The van der Waals surface area contributed by atoms with Gasteiger partial charge in [-0.15, -0.1) is 5.10 Å². The lowest BCUT2D eigenvalue weighted by molar-refractivity contribution is 0.0691. The van der Waals surface area contributed by atoms with Crippen LogP contribution in [0.4, 0.5) is 0 Å². The molecule has 0 aromatic carbocycles. The molecule has 3 rings (SSSR count). The number of hydrogen-bond acceptors (Lipinski definition) is 6. The Balaban J connectivity index is 2.09. The summed E-state index contributed by atoms with van der Waals surface area (Å²) in [4.78, 5) is 19.5. The zero-order chi connectivity index (χ0) is 14.8. The van der Waals surface area contributed by atoms with Gasteiger partial charge in [0, 0.05) is 6.20 Å². The predicted molar refractivity (Wildman–Crippen MR) is 70.6 cm³/mol. The molecular weight excluding hydrogens is 274 g/mol. The maximum atomic E-state index is 11.3. The van der Waals surface area contributed by atoms with Crippen molar-refractivity contribution in [1.29, 1.82) is 0 Å². The minimum absolute atomic E-state index is 0.144. The number of aromatic nitrogens is 5. The number of carboxylic acids is 1. The number of carbonyl (C=O) groups is 1. The summed E-state index contributed by atoms with van der Waals surface area (Å²) in [5, 5.41) is 16.9. The molecule has 0 fully saturated rings. The fraction of sp³-hybridized carbons (Fsp3) is 0.154. The van der Waals surface area contributed by atoms with Gasteiger partial charge in [0.15, 0.2) is 12.1 Å². The molecule has 0 amide bonds. The van der Waals surface area contributed by atoms with Crippen LogP contribution < -0.4 is 0 Å². The highest BCUT2D eigenvalue weighted by Crippen LogP contribution is 2.21. The first-order chi connectivity index (χ1) is 10.2. The van der Waals surface area contributed by atoms with Gasteiger partial charge in [0.25, 0.3) is 0 Å². The third kappa shape index (κ3) is 2.38. The lowest BCUT2D eigenvalue weighted by Crippen LogP contribution is -2.07. The number of aromatic carboxylic acids is 1. The Morgan fingerprint density at radius 3 is 2.86 bits per heavy atom. The molecule has 0 radical (unpaired) electrons. The zero-order valence-electron chi connectivity index (χ0n) is 11.1. The van der Waals surface area contributed by atoms with E-state index in [1.807, 2.05) is 0 Å². The third-order valence-corrected chi connectivity index (χ3v) is 2.99. The van der Waals surface area contributed by atoms with Crippen LogP contribution in [0.25, 0.3) is 11.4 Å². The predicted octanol–water partition coefficient (Wildman–Crippen LogP) is 1.38. The van der Waals surface area contributed by atoms with Crippen molar-refractivity contribution in [2.75, 3.05) is 0 Å². The van der Waals surface area contributed by atoms with Crippen LogP contribution in [0, 0.1) is 6.92 Å². The molecule has 1 N–H and O–H groups in total. The molecule has 3 heterocycles. The van der Waals surface area contributed by atoms with E-state index in [4.69, 9.17) is 4.42 Å². The molecule has 0 saturated carbocycles. The Morgan fingerprint density at radius 1 is 1.38 bits per heavy atom. The molecule has 0 unspecified atom stereocenters. The summed E-state index contributed by atoms with van der Waals surface area (Å²) in [5.74, 6) is -0.506. The first-order valence-electron chi connectivity index (χ1n) is 6.14. The van der Waals surface area contributed by atoms with Crippen LogP contribution in [0.2, 0.25) is 0 Å². The number of oxazole rings is 1. The topological polar surface area (TPSA) is 107 Å². The molecular formula is C13H11N5O3. The van der Waals surface area contributed by atoms with Crippen molar-refractivity contribution in [2.45, 2.75) is 13.5 Å². The molecule has 8 nitrogen and oxygen atoms in total. The fourth-order valence-electron chi connectivity index (χ4n) is 1.95. The van der Waals surface area contributed by atoms with E-state index < -0.39 is 5.97 Å². The molecule has 21 heavy (non-hydrogen) atoms. The first-order valence-corrected chi connectivity index (χ1v) is 6.14. The second kappa shape index (κ2) is 5.16. The van der Waals surface area contributed by atoms with Crippen LogP contribution in [-0.2, 0) is 6.54 Å². The number of nitrogens with zero attached hydrogens (tertiary/aromatic N) is 5. The van der Waals surface area contributed by atoms with Crippen molar-refractivity contribution in [3.63, 3.8) is 0 Å². The maximum absolute atomic E-state index is 11.3. The second-order valence-electron chi connectivity index (χ2n) is 4.32. The second-order valence-corrected chi connectivity index (χ2v) is 4.32. The Kier molecular flexibility index (Phi) is 3.19. The van der Waals surface area contributed by atoms with Gasteiger partial charge in [-0.3, -0.25) is 4.98 Å². The van der Waals surface area contributed by atoms with Crippen LogP contribution in [0.1, 0.15) is 21.9 Å². The van der Waals surface area contributed by atoms with Gasteiger partial charge >= 0.3 is 5.97 Å². The van der Waals surface area contributed by atoms with E-state index in [0.717, 1.165) is 0 Å². The van der Waals surface area contributed by atoms with Crippen molar-refractivity contribution in [1.82, 2.24) is 25.0 Å². The van der Waals surface area contributed by atoms with Crippen LogP contribution in [-0.4, -0.2) is 36.0 Å². The van der Waals surface area contributed by atoms with Crippen LogP contribution in [0.5, 0.6) is 0 Å². The smallest absolute Gasteiger partial charge is 0.358 e. The molecule has 0 aliphatic carbocycles. The first kappa shape index (κ1) is 13.0. The standard InChI is InChI=1S/C13H11N5O3/c1-8-10(15-7-21-8)6-18-12(9-4-2-3-5-14-9)11(13(19)20)16-17-18/h2-5,7H,6H2,1H3,(H,19,20). The summed E-state index contributed by atoms with van der Waals surface area (Å²) in [5.41, 5.74) is 1.34. The van der Waals surface area contributed by atoms with Crippen LogP contribution >= 0.6 is 0 Å². The van der Waals surface area contributed by atoms with Crippen LogP contribution in [0.15, 0.2) is 35.2 Å². The van der Waals surface area contributed by atoms with Gasteiger partial charge in [-0.1, -0.05) is 11.3 Å². The van der Waals surface area contributed by atoms with Crippen molar-refractivity contribution in [3.8, 4) is 11.4 Å². The molecule has 3 aromatic heterocycles. The van der Waals surface area contributed by atoms with Crippen LogP contribution in [0.3, 0.4) is 0 Å². The number of carboxylic acid groups (broad SMARTS) is 1. The highest BCUT2D eigenvalue weighted by Gasteiger charge is 2.22. The quantitative estimate of drug-likeness (QED) is 0.771.